The van der Waals surface area contributed by atoms with Gasteiger partial charge >= 0.3 is 0 Å². The average Bonchev–Trinajstić information content (AvgIpc) is 2.48. The van der Waals surface area contributed by atoms with Crippen LogP contribution in [0.4, 0.5) is 0 Å². The second-order valence-electron chi connectivity index (χ2n) is 2.42. The smallest absolute Gasteiger partial charge is 0.0621 e. The Hall–Kier alpha value is 0.200. The molecule has 2 rings (SSSR count). The maximum atomic E-state index is 3.50. The van der Waals surface area contributed by atoms with Crippen molar-refractivity contribution >= 4 is 58.7 Å². The molecule has 1 nitrogen and oxygen atoms in total. The molecule has 4 heteroatoms. The standard InChI is InChI=1S/C8H4Br3N/c9-5-3-6(10)7(11)8-4(5)1-2-12-8/h1-3,12H. The van der Waals surface area contributed by atoms with Crippen molar-refractivity contribution in [2.24, 2.45) is 0 Å². The van der Waals surface area contributed by atoms with Gasteiger partial charge in [-0.1, -0.05) is 15.9 Å². The molecule has 0 unspecified atom stereocenters. The molecular formula is C8H4Br3N. The van der Waals surface area contributed by atoms with Crippen molar-refractivity contribution in [1.82, 2.24) is 4.98 Å². The number of aromatic amines is 1. The molecule has 1 heterocycles. The van der Waals surface area contributed by atoms with Crippen LogP contribution >= 0.6 is 47.8 Å². The summed E-state index contributed by atoms with van der Waals surface area (Å²) in [6, 6.07) is 4.07. The summed E-state index contributed by atoms with van der Waals surface area (Å²) in [5.74, 6) is 0. The molecule has 0 saturated carbocycles. The first-order valence-electron chi connectivity index (χ1n) is 3.30. The van der Waals surface area contributed by atoms with Gasteiger partial charge in [-0.3, -0.25) is 0 Å². The minimum Gasteiger partial charge on any atom is -0.360 e. The van der Waals surface area contributed by atoms with Crippen LogP contribution < -0.4 is 0 Å². The minimum atomic E-state index is 1.05. The molecule has 0 radical (unpaired) electrons. The molecule has 0 amide bonds. The topological polar surface area (TPSA) is 15.8 Å². The minimum absolute atomic E-state index is 1.05. The second-order valence-corrected chi connectivity index (χ2v) is 4.92. The first-order valence-corrected chi connectivity index (χ1v) is 5.68. The van der Waals surface area contributed by atoms with E-state index in [0.717, 1.165) is 18.9 Å². The Bertz CT molecular complexity index is 433. The van der Waals surface area contributed by atoms with Crippen LogP contribution in [0.1, 0.15) is 0 Å². The summed E-state index contributed by atoms with van der Waals surface area (Å²) < 4.78 is 3.20. The van der Waals surface area contributed by atoms with Crippen LogP contribution in [0.5, 0.6) is 0 Å². The zero-order valence-electron chi connectivity index (χ0n) is 5.87. The van der Waals surface area contributed by atoms with E-state index in [1.807, 2.05) is 18.3 Å². The Labute approximate surface area is 94.9 Å². The maximum absolute atomic E-state index is 3.50. The highest BCUT2D eigenvalue weighted by atomic mass is 79.9. The fraction of sp³-hybridized carbons (Fsp3) is 0. The zero-order chi connectivity index (χ0) is 8.72. The van der Waals surface area contributed by atoms with E-state index in [-0.39, 0.29) is 0 Å². The monoisotopic (exact) mass is 351 g/mol. The highest BCUT2D eigenvalue weighted by Crippen LogP contribution is 2.35. The van der Waals surface area contributed by atoms with E-state index in [9.17, 15) is 0 Å². The SMILES string of the molecule is Brc1cc(Br)c2cc[nH]c2c1Br. The van der Waals surface area contributed by atoms with E-state index in [4.69, 9.17) is 0 Å². The molecule has 0 saturated heterocycles. The van der Waals surface area contributed by atoms with Crippen molar-refractivity contribution in [1.29, 1.82) is 0 Å². The van der Waals surface area contributed by atoms with Crippen LogP contribution in [0.25, 0.3) is 10.9 Å². The molecule has 0 fully saturated rings. The van der Waals surface area contributed by atoms with Gasteiger partial charge in [0.1, 0.15) is 0 Å². The molecule has 0 aliphatic rings. The van der Waals surface area contributed by atoms with Gasteiger partial charge in [0.15, 0.2) is 0 Å². The van der Waals surface area contributed by atoms with E-state index >= 15 is 0 Å². The van der Waals surface area contributed by atoms with Crippen LogP contribution in [0, 0.1) is 0 Å². The van der Waals surface area contributed by atoms with Crippen molar-refractivity contribution < 1.29 is 0 Å². The molecule has 0 aliphatic carbocycles. The fourth-order valence-corrected chi connectivity index (χ4v) is 2.86. The normalized spacial score (nSPS) is 10.9. The average molecular weight is 354 g/mol. The third kappa shape index (κ3) is 1.26. The van der Waals surface area contributed by atoms with Crippen LogP contribution in [0.2, 0.25) is 0 Å². The number of hydrogen-bond acceptors (Lipinski definition) is 0. The largest absolute Gasteiger partial charge is 0.360 e. The van der Waals surface area contributed by atoms with Crippen molar-refractivity contribution in [3.63, 3.8) is 0 Å². The molecule has 1 aromatic heterocycles. The van der Waals surface area contributed by atoms with Gasteiger partial charge in [-0.2, -0.15) is 0 Å². The third-order valence-electron chi connectivity index (χ3n) is 1.69. The molecular weight excluding hydrogens is 350 g/mol. The van der Waals surface area contributed by atoms with Crippen LogP contribution in [-0.2, 0) is 0 Å². The van der Waals surface area contributed by atoms with E-state index in [1.165, 1.54) is 5.39 Å². The Morgan fingerprint density at radius 1 is 1.08 bits per heavy atom. The van der Waals surface area contributed by atoms with E-state index < -0.39 is 0 Å². The summed E-state index contributed by atoms with van der Waals surface area (Å²) in [5.41, 5.74) is 1.11. The molecule has 1 N–H and O–H groups in total. The van der Waals surface area contributed by atoms with Crippen molar-refractivity contribution in [3.8, 4) is 0 Å². The number of hydrogen-bond donors (Lipinski definition) is 1. The number of rotatable bonds is 0. The molecule has 0 bridgehead atoms. The summed E-state index contributed by atoms with van der Waals surface area (Å²) in [6.07, 6.45) is 1.92. The fourth-order valence-electron chi connectivity index (χ4n) is 1.12. The summed E-state index contributed by atoms with van der Waals surface area (Å²) in [5, 5.41) is 1.19. The molecule has 1 aromatic carbocycles. The van der Waals surface area contributed by atoms with Gasteiger partial charge < -0.3 is 4.98 Å². The van der Waals surface area contributed by atoms with Crippen LogP contribution in [0.3, 0.4) is 0 Å². The van der Waals surface area contributed by atoms with Gasteiger partial charge in [0.25, 0.3) is 0 Å². The quantitative estimate of drug-likeness (QED) is 0.673. The lowest BCUT2D eigenvalue weighted by Crippen LogP contribution is -1.75. The Balaban J connectivity index is 2.97. The van der Waals surface area contributed by atoms with Gasteiger partial charge in [0, 0.05) is 20.5 Å². The van der Waals surface area contributed by atoms with Gasteiger partial charge in [-0.15, -0.1) is 0 Å². The molecule has 2 aromatic rings. The first kappa shape index (κ1) is 8.78. The Morgan fingerprint density at radius 2 is 1.83 bits per heavy atom. The maximum Gasteiger partial charge on any atom is 0.0621 e. The number of nitrogens with one attached hydrogen (secondary N) is 1. The number of fused-ring (bicyclic) bond motifs is 1. The number of H-pyrrole nitrogens is 1. The van der Waals surface area contributed by atoms with Crippen LogP contribution in [-0.4, -0.2) is 4.98 Å². The lowest BCUT2D eigenvalue weighted by molar-refractivity contribution is 1.45. The van der Waals surface area contributed by atoms with Gasteiger partial charge in [-0.05, 0) is 44.0 Å². The number of halogens is 3. The lowest BCUT2D eigenvalue weighted by Gasteiger charge is -2.00. The Morgan fingerprint density at radius 3 is 2.58 bits per heavy atom. The second kappa shape index (κ2) is 3.16. The van der Waals surface area contributed by atoms with Gasteiger partial charge in [0.2, 0.25) is 0 Å². The van der Waals surface area contributed by atoms with Crippen molar-refractivity contribution in [2.45, 2.75) is 0 Å². The molecule has 0 atom stereocenters. The van der Waals surface area contributed by atoms with Crippen molar-refractivity contribution in [2.75, 3.05) is 0 Å². The molecule has 62 valence electrons. The number of benzene rings is 1. The van der Waals surface area contributed by atoms with Gasteiger partial charge in [0.05, 0.1) is 9.99 Å². The predicted octanol–water partition coefficient (Wildman–Crippen LogP) is 4.46. The van der Waals surface area contributed by atoms with E-state index in [1.54, 1.807) is 0 Å². The summed E-state index contributed by atoms with van der Waals surface area (Å²) in [7, 11) is 0. The third-order valence-corrected chi connectivity index (χ3v) is 4.32. The first-order chi connectivity index (χ1) is 5.70. The Kier molecular flexibility index (Phi) is 2.31. The lowest BCUT2D eigenvalue weighted by atomic mass is 10.2. The zero-order valence-corrected chi connectivity index (χ0v) is 10.6. The molecule has 12 heavy (non-hydrogen) atoms. The highest BCUT2D eigenvalue weighted by molar-refractivity contribution is 9.13. The van der Waals surface area contributed by atoms with Gasteiger partial charge in [-0.25, -0.2) is 0 Å². The summed E-state index contributed by atoms with van der Waals surface area (Å²) >= 11 is 10.4. The van der Waals surface area contributed by atoms with E-state index in [2.05, 4.69) is 52.8 Å². The molecule has 0 aliphatic heterocycles. The number of aromatic nitrogens is 1. The summed E-state index contributed by atoms with van der Waals surface area (Å²) in [6.45, 7) is 0. The highest BCUT2D eigenvalue weighted by Gasteiger charge is 2.06. The van der Waals surface area contributed by atoms with E-state index in [0.29, 0.717) is 0 Å². The summed E-state index contributed by atoms with van der Waals surface area (Å²) in [4.78, 5) is 3.16. The van der Waals surface area contributed by atoms with Crippen LogP contribution in [0.15, 0.2) is 31.7 Å². The predicted molar refractivity (Wildman–Crippen MR) is 61.4 cm³/mol. The van der Waals surface area contributed by atoms with Crippen molar-refractivity contribution in [3.05, 3.63) is 31.7 Å². The molecule has 0 spiro atoms.